The molecule has 5 heteroatoms. The van der Waals surface area contributed by atoms with Gasteiger partial charge in [-0.05, 0) is 31.3 Å². The summed E-state index contributed by atoms with van der Waals surface area (Å²) >= 11 is 0. The molecule has 4 nitrogen and oxygen atoms in total. The molecular weight excluding hydrogens is 231 g/mol. The van der Waals surface area contributed by atoms with Gasteiger partial charge in [0.05, 0.1) is 0 Å². The van der Waals surface area contributed by atoms with Gasteiger partial charge in [-0.25, -0.2) is 14.4 Å². The summed E-state index contributed by atoms with van der Waals surface area (Å²) in [6, 6.07) is 8.03. The van der Waals surface area contributed by atoms with Gasteiger partial charge in [0.1, 0.15) is 17.5 Å². The van der Waals surface area contributed by atoms with Crippen LogP contribution in [-0.2, 0) is 6.42 Å². The Hall–Kier alpha value is -2.01. The van der Waals surface area contributed by atoms with Gasteiger partial charge in [0.25, 0.3) is 0 Å². The van der Waals surface area contributed by atoms with E-state index in [0.717, 1.165) is 18.8 Å². The molecular formula is C13H15FN4. The molecule has 2 rings (SSSR count). The van der Waals surface area contributed by atoms with Crippen molar-refractivity contribution in [3.8, 4) is 0 Å². The van der Waals surface area contributed by atoms with Gasteiger partial charge in [-0.3, -0.25) is 0 Å². The molecule has 0 unspecified atom stereocenters. The van der Waals surface area contributed by atoms with Crippen molar-refractivity contribution in [2.24, 2.45) is 0 Å². The number of rotatable bonds is 5. The van der Waals surface area contributed by atoms with E-state index in [1.54, 1.807) is 24.4 Å². The number of hydrogen-bond donors (Lipinski definition) is 2. The molecule has 0 aliphatic rings. The minimum absolute atomic E-state index is 0.274. The maximum absolute atomic E-state index is 13.0. The van der Waals surface area contributed by atoms with Crippen molar-refractivity contribution in [3.05, 3.63) is 48.2 Å². The summed E-state index contributed by atoms with van der Waals surface area (Å²) in [5.74, 6) is 1.15. The van der Waals surface area contributed by atoms with Crippen LogP contribution in [0.1, 0.15) is 5.82 Å². The molecule has 0 aliphatic heterocycles. The molecule has 2 aromatic rings. The molecule has 1 aromatic carbocycles. The number of likely N-dealkylation sites (N-methyl/N-ethyl adjacent to an activating group) is 1. The van der Waals surface area contributed by atoms with E-state index >= 15 is 0 Å². The Morgan fingerprint density at radius 3 is 2.94 bits per heavy atom. The lowest BCUT2D eigenvalue weighted by Gasteiger charge is -2.06. The Bertz CT molecular complexity index is 516. The van der Waals surface area contributed by atoms with Gasteiger partial charge in [-0.2, -0.15) is 0 Å². The zero-order valence-corrected chi connectivity index (χ0v) is 10.2. The van der Waals surface area contributed by atoms with Gasteiger partial charge >= 0.3 is 0 Å². The van der Waals surface area contributed by atoms with E-state index < -0.39 is 0 Å². The highest BCUT2D eigenvalue weighted by Crippen LogP contribution is 2.14. The van der Waals surface area contributed by atoms with Gasteiger partial charge < -0.3 is 10.6 Å². The number of aromatic nitrogens is 2. The first kappa shape index (κ1) is 12.4. The maximum Gasteiger partial charge on any atom is 0.134 e. The number of hydrogen-bond acceptors (Lipinski definition) is 4. The van der Waals surface area contributed by atoms with Gasteiger partial charge in [-0.1, -0.05) is 6.07 Å². The van der Waals surface area contributed by atoms with Crippen LogP contribution in [0.2, 0.25) is 0 Å². The molecule has 0 amide bonds. The predicted octanol–water partition coefficient (Wildman–Crippen LogP) is 2.12. The Balaban J connectivity index is 2.09. The molecule has 0 fully saturated rings. The van der Waals surface area contributed by atoms with Crippen molar-refractivity contribution in [1.82, 2.24) is 15.3 Å². The largest absolute Gasteiger partial charge is 0.340 e. The lowest BCUT2D eigenvalue weighted by molar-refractivity contribution is 0.628. The van der Waals surface area contributed by atoms with Crippen LogP contribution in [0, 0.1) is 5.82 Å². The second-order valence-electron chi connectivity index (χ2n) is 3.85. The average molecular weight is 246 g/mol. The summed E-state index contributed by atoms with van der Waals surface area (Å²) in [7, 11) is 1.88. The SMILES string of the molecule is CNCCc1nccc(Nc2cccc(F)c2)n1. The third kappa shape index (κ3) is 3.49. The average Bonchev–Trinajstić information content (AvgIpc) is 2.37. The van der Waals surface area contributed by atoms with E-state index in [0.29, 0.717) is 11.5 Å². The van der Waals surface area contributed by atoms with Crippen LogP contribution in [0.3, 0.4) is 0 Å². The van der Waals surface area contributed by atoms with Crippen molar-refractivity contribution in [2.45, 2.75) is 6.42 Å². The molecule has 2 N–H and O–H groups in total. The molecule has 1 aromatic heterocycles. The van der Waals surface area contributed by atoms with Crippen molar-refractivity contribution >= 4 is 11.5 Å². The van der Waals surface area contributed by atoms with Crippen LogP contribution in [0.15, 0.2) is 36.5 Å². The zero-order chi connectivity index (χ0) is 12.8. The van der Waals surface area contributed by atoms with E-state index in [1.807, 2.05) is 7.05 Å². The second-order valence-corrected chi connectivity index (χ2v) is 3.85. The van der Waals surface area contributed by atoms with Crippen molar-refractivity contribution in [2.75, 3.05) is 18.9 Å². The third-order valence-corrected chi connectivity index (χ3v) is 2.40. The molecule has 0 aliphatic carbocycles. The first-order valence-electron chi connectivity index (χ1n) is 5.77. The van der Waals surface area contributed by atoms with Gasteiger partial charge in [0, 0.05) is 24.8 Å². The number of nitrogens with zero attached hydrogens (tertiary/aromatic N) is 2. The van der Waals surface area contributed by atoms with Crippen molar-refractivity contribution < 1.29 is 4.39 Å². The second kappa shape index (κ2) is 6.07. The van der Waals surface area contributed by atoms with Crippen LogP contribution in [0.25, 0.3) is 0 Å². The van der Waals surface area contributed by atoms with E-state index in [-0.39, 0.29) is 5.82 Å². The molecule has 0 bridgehead atoms. The summed E-state index contributed by atoms with van der Waals surface area (Å²) in [6.45, 7) is 0.823. The normalized spacial score (nSPS) is 10.3. The first-order chi connectivity index (χ1) is 8.78. The number of nitrogens with one attached hydrogen (secondary N) is 2. The van der Waals surface area contributed by atoms with E-state index in [2.05, 4.69) is 20.6 Å². The summed E-state index contributed by atoms with van der Waals surface area (Å²) in [5, 5.41) is 6.09. The van der Waals surface area contributed by atoms with E-state index in [9.17, 15) is 4.39 Å². The number of halogens is 1. The first-order valence-corrected chi connectivity index (χ1v) is 5.77. The molecule has 94 valence electrons. The minimum atomic E-state index is -0.274. The number of benzene rings is 1. The van der Waals surface area contributed by atoms with Crippen LogP contribution in [0.5, 0.6) is 0 Å². The highest BCUT2D eigenvalue weighted by Gasteiger charge is 2.00. The lowest BCUT2D eigenvalue weighted by Crippen LogP contribution is -2.12. The summed E-state index contributed by atoms with van der Waals surface area (Å²) in [6.07, 6.45) is 2.45. The van der Waals surface area contributed by atoms with E-state index in [4.69, 9.17) is 0 Å². The van der Waals surface area contributed by atoms with Crippen LogP contribution in [-0.4, -0.2) is 23.6 Å². The molecule has 0 saturated heterocycles. The van der Waals surface area contributed by atoms with Crippen LogP contribution < -0.4 is 10.6 Å². The highest BCUT2D eigenvalue weighted by molar-refractivity contribution is 5.55. The Kier molecular flexibility index (Phi) is 4.20. The fourth-order valence-electron chi connectivity index (χ4n) is 1.54. The smallest absolute Gasteiger partial charge is 0.134 e. The zero-order valence-electron chi connectivity index (χ0n) is 10.2. The van der Waals surface area contributed by atoms with Crippen molar-refractivity contribution in [3.63, 3.8) is 0 Å². The van der Waals surface area contributed by atoms with Crippen LogP contribution >= 0.6 is 0 Å². The summed E-state index contributed by atoms with van der Waals surface area (Å²) in [4.78, 5) is 8.52. The summed E-state index contributed by atoms with van der Waals surface area (Å²) < 4.78 is 13.0. The molecule has 0 atom stereocenters. The quantitative estimate of drug-likeness (QED) is 0.848. The van der Waals surface area contributed by atoms with Gasteiger partial charge in [0.15, 0.2) is 0 Å². The molecule has 0 saturated carbocycles. The standard InChI is InChI=1S/C13H15FN4/c1-15-7-5-12-16-8-6-13(18-12)17-11-4-2-3-10(14)9-11/h2-4,6,8-9,15H,5,7H2,1H3,(H,16,17,18). The molecule has 0 radical (unpaired) electrons. The third-order valence-electron chi connectivity index (χ3n) is 2.40. The highest BCUT2D eigenvalue weighted by atomic mass is 19.1. The maximum atomic E-state index is 13.0. The summed E-state index contributed by atoms with van der Waals surface area (Å²) in [5.41, 5.74) is 0.674. The van der Waals surface area contributed by atoms with Gasteiger partial charge in [0.2, 0.25) is 0 Å². The molecule has 18 heavy (non-hydrogen) atoms. The van der Waals surface area contributed by atoms with E-state index in [1.165, 1.54) is 12.1 Å². The predicted molar refractivity (Wildman–Crippen MR) is 69.3 cm³/mol. The molecule has 1 heterocycles. The minimum Gasteiger partial charge on any atom is -0.340 e. The van der Waals surface area contributed by atoms with Gasteiger partial charge in [-0.15, -0.1) is 0 Å². The topological polar surface area (TPSA) is 49.8 Å². The fraction of sp³-hybridized carbons (Fsp3) is 0.231. The van der Waals surface area contributed by atoms with Crippen molar-refractivity contribution in [1.29, 1.82) is 0 Å². The monoisotopic (exact) mass is 246 g/mol. The Labute approximate surface area is 105 Å². The lowest BCUT2D eigenvalue weighted by atomic mass is 10.3. The molecule has 0 spiro atoms. The number of anilines is 2. The fourth-order valence-corrected chi connectivity index (χ4v) is 1.54. The Morgan fingerprint density at radius 1 is 1.28 bits per heavy atom. The van der Waals surface area contributed by atoms with Crippen LogP contribution in [0.4, 0.5) is 15.9 Å². The Morgan fingerprint density at radius 2 is 2.17 bits per heavy atom.